The van der Waals surface area contributed by atoms with Gasteiger partial charge in [-0.15, -0.1) is 11.8 Å². The Morgan fingerprint density at radius 1 is 1.10 bits per heavy atom. The minimum absolute atomic E-state index is 0.00667. The minimum atomic E-state index is -0.405. The molecule has 2 aromatic carbocycles. The molecule has 0 radical (unpaired) electrons. The predicted molar refractivity (Wildman–Crippen MR) is 79.9 cm³/mol. The number of benzene rings is 2. The summed E-state index contributed by atoms with van der Waals surface area (Å²) in [6.45, 7) is 0. The van der Waals surface area contributed by atoms with Gasteiger partial charge in [-0.3, -0.25) is 4.79 Å². The SMILES string of the molecule is O=C(CSc1ccccc1F)Cc1cc(Br)ccc1F. The van der Waals surface area contributed by atoms with Gasteiger partial charge in [0, 0.05) is 15.8 Å². The van der Waals surface area contributed by atoms with Crippen LogP contribution in [0.25, 0.3) is 0 Å². The molecule has 5 heteroatoms. The summed E-state index contributed by atoms with van der Waals surface area (Å²) in [6.07, 6.45) is 0.00667. The zero-order valence-electron chi connectivity index (χ0n) is 10.4. The highest BCUT2D eigenvalue weighted by Gasteiger charge is 2.10. The van der Waals surface area contributed by atoms with Crippen LogP contribution in [0, 0.1) is 11.6 Å². The molecule has 0 heterocycles. The van der Waals surface area contributed by atoms with Crippen LogP contribution < -0.4 is 0 Å². The first-order valence-corrected chi connectivity index (χ1v) is 7.67. The molecule has 0 saturated heterocycles. The van der Waals surface area contributed by atoms with Crippen LogP contribution in [-0.2, 0) is 11.2 Å². The van der Waals surface area contributed by atoms with E-state index in [1.54, 1.807) is 30.3 Å². The van der Waals surface area contributed by atoms with Crippen LogP contribution in [0.1, 0.15) is 5.56 Å². The van der Waals surface area contributed by atoms with Gasteiger partial charge < -0.3 is 0 Å². The van der Waals surface area contributed by atoms with Gasteiger partial charge in [0.2, 0.25) is 0 Å². The Morgan fingerprint density at radius 2 is 1.85 bits per heavy atom. The number of hydrogen-bond acceptors (Lipinski definition) is 2. The summed E-state index contributed by atoms with van der Waals surface area (Å²) in [4.78, 5) is 12.3. The highest BCUT2D eigenvalue weighted by molar-refractivity contribution is 9.10. The van der Waals surface area contributed by atoms with Gasteiger partial charge in [0.25, 0.3) is 0 Å². The van der Waals surface area contributed by atoms with E-state index in [4.69, 9.17) is 0 Å². The molecule has 0 unspecified atom stereocenters. The average molecular weight is 357 g/mol. The number of halogens is 3. The van der Waals surface area contributed by atoms with E-state index in [1.165, 1.54) is 12.1 Å². The Kier molecular flexibility index (Phi) is 5.31. The Morgan fingerprint density at radius 3 is 2.60 bits per heavy atom. The third-order valence-corrected chi connectivity index (χ3v) is 4.22. The van der Waals surface area contributed by atoms with E-state index >= 15 is 0 Å². The van der Waals surface area contributed by atoms with Crippen LogP contribution >= 0.6 is 27.7 Å². The van der Waals surface area contributed by atoms with E-state index in [-0.39, 0.29) is 23.8 Å². The molecule has 2 aromatic rings. The van der Waals surface area contributed by atoms with Crippen LogP contribution in [0.3, 0.4) is 0 Å². The molecule has 0 aromatic heterocycles. The lowest BCUT2D eigenvalue weighted by Crippen LogP contribution is -2.07. The van der Waals surface area contributed by atoms with Crippen molar-refractivity contribution in [1.82, 2.24) is 0 Å². The molecule has 0 aliphatic carbocycles. The second-order valence-electron chi connectivity index (χ2n) is 4.17. The van der Waals surface area contributed by atoms with Gasteiger partial charge in [-0.25, -0.2) is 8.78 Å². The highest BCUT2D eigenvalue weighted by Crippen LogP contribution is 2.22. The summed E-state index contributed by atoms with van der Waals surface area (Å²) in [5.41, 5.74) is 0.346. The molecule has 0 aliphatic heterocycles. The Bertz CT molecular complexity index is 631. The molecule has 0 amide bonds. The summed E-state index contributed by atoms with van der Waals surface area (Å²) < 4.78 is 27.6. The molecular weight excluding hydrogens is 346 g/mol. The monoisotopic (exact) mass is 356 g/mol. The van der Waals surface area contributed by atoms with Crippen molar-refractivity contribution in [2.75, 3.05) is 5.75 Å². The van der Waals surface area contributed by atoms with Gasteiger partial charge in [0.1, 0.15) is 17.4 Å². The molecule has 2 rings (SSSR count). The van der Waals surface area contributed by atoms with E-state index in [1.807, 2.05) is 0 Å². The summed E-state index contributed by atoms with van der Waals surface area (Å²) >= 11 is 4.36. The van der Waals surface area contributed by atoms with Crippen molar-refractivity contribution in [2.24, 2.45) is 0 Å². The number of ketones is 1. The number of Topliss-reactive ketones (excluding diaryl/α,β-unsaturated/α-hetero) is 1. The van der Waals surface area contributed by atoms with Crippen molar-refractivity contribution in [3.8, 4) is 0 Å². The topological polar surface area (TPSA) is 17.1 Å². The van der Waals surface area contributed by atoms with Gasteiger partial charge in [-0.1, -0.05) is 28.1 Å². The van der Waals surface area contributed by atoms with Crippen molar-refractivity contribution in [3.05, 3.63) is 64.1 Å². The molecule has 0 aliphatic rings. The molecule has 0 fully saturated rings. The number of thioether (sulfide) groups is 1. The van der Waals surface area contributed by atoms with Gasteiger partial charge in [0.05, 0.1) is 5.75 Å². The third kappa shape index (κ3) is 4.15. The molecule has 20 heavy (non-hydrogen) atoms. The van der Waals surface area contributed by atoms with Gasteiger partial charge in [-0.05, 0) is 35.9 Å². The quantitative estimate of drug-likeness (QED) is 0.726. The maximum absolute atomic E-state index is 13.5. The first-order valence-electron chi connectivity index (χ1n) is 5.89. The van der Waals surface area contributed by atoms with Gasteiger partial charge in [0.15, 0.2) is 0 Å². The van der Waals surface area contributed by atoms with Crippen molar-refractivity contribution >= 4 is 33.5 Å². The fourth-order valence-corrected chi connectivity index (χ4v) is 2.87. The molecule has 0 saturated carbocycles. The average Bonchev–Trinajstić information content (AvgIpc) is 2.42. The minimum Gasteiger partial charge on any atom is -0.298 e. The summed E-state index contributed by atoms with van der Waals surface area (Å²) in [6, 6.07) is 10.8. The van der Waals surface area contributed by atoms with Crippen molar-refractivity contribution in [3.63, 3.8) is 0 Å². The molecule has 0 spiro atoms. The smallest absolute Gasteiger partial charge is 0.147 e. The molecule has 0 N–H and O–H groups in total. The van der Waals surface area contributed by atoms with Crippen LogP contribution in [-0.4, -0.2) is 11.5 Å². The van der Waals surface area contributed by atoms with Crippen LogP contribution in [0.4, 0.5) is 8.78 Å². The van der Waals surface area contributed by atoms with Gasteiger partial charge >= 0.3 is 0 Å². The number of carbonyl (C=O) groups is 1. The zero-order valence-corrected chi connectivity index (χ0v) is 12.8. The van der Waals surface area contributed by atoms with E-state index < -0.39 is 5.82 Å². The van der Waals surface area contributed by atoms with E-state index in [0.717, 1.165) is 16.2 Å². The maximum atomic E-state index is 13.5. The van der Waals surface area contributed by atoms with Crippen molar-refractivity contribution < 1.29 is 13.6 Å². The first-order chi connectivity index (χ1) is 9.56. The van der Waals surface area contributed by atoms with Gasteiger partial charge in [-0.2, -0.15) is 0 Å². The highest BCUT2D eigenvalue weighted by atomic mass is 79.9. The number of hydrogen-bond donors (Lipinski definition) is 0. The Hall–Kier alpha value is -1.20. The third-order valence-electron chi connectivity index (χ3n) is 2.62. The number of rotatable bonds is 5. The lowest BCUT2D eigenvalue weighted by atomic mass is 10.1. The first kappa shape index (κ1) is 15.2. The maximum Gasteiger partial charge on any atom is 0.147 e. The summed E-state index contributed by atoms with van der Waals surface area (Å²) in [7, 11) is 0. The standard InChI is InChI=1S/C15H11BrF2OS/c16-11-5-6-13(17)10(7-11)8-12(19)9-20-15-4-2-1-3-14(15)18/h1-7H,8-9H2. The molecule has 0 atom stereocenters. The molecule has 104 valence electrons. The Balaban J connectivity index is 1.96. The zero-order chi connectivity index (χ0) is 14.5. The molecule has 0 bridgehead atoms. The second-order valence-corrected chi connectivity index (χ2v) is 6.10. The van der Waals surface area contributed by atoms with Crippen molar-refractivity contribution in [1.29, 1.82) is 0 Å². The van der Waals surface area contributed by atoms with Crippen LogP contribution in [0.15, 0.2) is 51.8 Å². The van der Waals surface area contributed by atoms with E-state index in [9.17, 15) is 13.6 Å². The van der Waals surface area contributed by atoms with E-state index in [2.05, 4.69) is 15.9 Å². The lowest BCUT2D eigenvalue weighted by Gasteiger charge is -2.04. The lowest BCUT2D eigenvalue weighted by molar-refractivity contribution is -0.116. The fraction of sp³-hybridized carbons (Fsp3) is 0.133. The normalized spacial score (nSPS) is 10.6. The second kappa shape index (κ2) is 6.99. The molecular formula is C15H11BrF2OS. The number of carbonyl (C=O) groups excluding carboxylic acids is 1. The summed E-state index contributed by atoms with van der Waals surface area (Å²) in [5.74, 6) is -0.779. The summed E-state index contributed by atoms with van der Waals surface area (Å²) in [5, 5.41) is 0. The largest absolute Gasteiger partial charge is 0.298 e. The van der Waals surface area contributed by atoms with E-state index in [0.29, 0.717) is 10.5 Å². The van der Waals surface area contributed by atoms with Crippen molar-refractivity contribution in [2.45, 2.75) is 11.3 Å². The predicted octanol–water partition coefficient (Wildman–Crippen LogP) is 4.63. The van der Waals surface area contributed by atoms with Crippen LogP contribution in [0.2, 0.25) is 0 Å². The van der Waals surface area contributed by atoms with Crippen LogP contribution in [0.5, 0.6) is 0 Å². The molecule has 1 nitrogen and oxygen atoms in total. The Labute approximate surface area is 128 Å². The fourth-order valence-electron chi connectivity index (χ4n) is 1.66.